The van der Waals surface area contributed by atoms with Crippen LogP contribution in [-0.2, 0) is 31.0 Å². The number of piperazine rings is 1. The number of carboxylic acid groups (broad SMARTS) is 2. The Hall–Kier alpha value is -3.88. The third kappa shape index (κ3) is 7.81. The summed E-state index contributed by atoms with van der Waals surface area (Å²) in [5.74, 6) is -2.11. The van der Waals surface area contributed by atoms with Gasteiger partial charge in [-0.1, -0.05) is 6.07 Å². The van der Waals surface area contributed by atoms with E-state index in [1.807, 2.05) is 12.1 Å². The summed E-state index contributed by atoms with van der Waals surface area (Å²) in [7, 11) is 1.12. The zero-order chi connectivity index (χ0) is 28.5. The smallest absolute Gasteiger partial charge is 0.414 e. The van der Waals surface area contributed by atoms with Crippen molar-refractivity contribution in [3.8, 4) is 17.2 Å². The molecule has 208 valence electrons. The van der Waals surface area contributed by atoms with Crippen molar-refractivity contribution in [2.24, 2.45) is 0 Å². The summed E-state index contributed by atoms with van der Waals surface area (Å²) in [6.45, 7) is 3.93. The summed E-state index contributed by atoms with van der Waals surface area (Å²) < 4.78 is 43.8. The molecule has 3 N–H and O–H groups in total. The van der Waals surface area contributed by atoms with Gasteiger partial charge in [-0.05, 0) is 30.3 Å². The molecular formula is C24H31N3O10S. The average Bonchev–Trinajstić information content (AvgIpc) is 2.88. The van der Waals surface area contributed by atoms with Gasteiger partial charge in [0, 0.05) is 50.9 Å². The van der Waals surface area contributed by atoms with Crippen LogP contribution in [0.25, 0.3) is 0 Å². The lowest BCUT2D eigenvalue weighted by Crippen LogP contribution is -2.48. The zero-order valence-corrected chi connectivity index (χ0v) is 22.3. The van der Waals surface area contributed by atoms with E-state index in [1.54, 1.807) is 33.5 Å². The Balaban J connectivity index is 0.000000757. The van der Waals surface area contributed by atoms with Crippen molar-refractivity contribution in [2.45, 2.75) is 18.4 Å². The highest BCUT2D eigenvalue weighted by Crippen LogP contribution is 2.40. The second kappa shape index (κ2) is 13.6. The highest BCUT2D eigenvalue weighted by Gasteiger charge is 2.29. The minimum absolute atomic E-state index is 0.206. The number of nitrogens with one attached hydrogen (secondary N) is 1. The molecule has 14 heteroatoms. The molecule has 0 radical (unpaired) electrons. The lowest BCUT2D eigenvalue weighted by atomic mass is 10.1. The van der Waals surface area contributed by atoms with Gasteiger partial charge in [0.2, 0.25) is 21.7 Å². The van der Waals surface area contributed by atoms with Gasteiger partial charge >= 0.3 is 11.9 Å². The van der Waals surface area contributed by atoms with Crippen LogP contribution in [0, 0.1) is 0 Å². The molecule has 38 heavy (non-hydrogen) atoms. The van der Waals surface area contributed by atoms with E-state index in [4.69, 9.17) is 34.0 Å². The molecule has 1 saturated heterocycles. The number of ether oxygens (including phenoxy) is 3. The Bertz CT molecular complexity index is 1230. The van der Waals surface area contributed by atoms with Gasteiger partial charge in [0.15, 0.2) is 11.5 Å². The molecule has 1 aliphatic rings. The number of aliphatic carboxylic acids is 2. The SMILES string of the molecule is COc1ccc(CN2CCN(S(=O)(=O)c3ccc(NC(C)=O)cc3)CC2)c(OC)c1OC.O=C(O)C(=O)O. The topological polar surface area (TPSA) is 172 Å². The Kier molecular flexibility index (Phi) is 10.9. The van der Waals surface area contributed by atoms with Crippen LogP contribution in [0.4, 0.5) is 5.69 Å². The van der Waals surface area contributed by atoms with Crippen molar-refractivity contribution in [2.75, 3.05) is 52.8 Å². The van der Waals surface area contributed by atoms with Gasteiger partial charge in [-0.25, -0.2) is 18.0 Å². The van der Waals surface area contributed by atoms with Crippen molar-refractivity contribution in [1.82, 2.24) is 9.21 Å². The molecule has 3 rings (SSSR count). The molecule has 0 saturated carbocycles. The van der Waals surface area contributed by atoms with Crippen molar-refractivity contribution in [3.63, 3.8) is 0 Å². The summed E-state index contributed by atoms with van der Waals surface area (Å²) in [4.78, 5) is 31.7. The lowest BCUT2D eigenvalue weighted by molar-refractivity contribution is -0.159. The molecule has 0 aliphatic carbocycles. The van der Waals surface area contributed by atoms with Gasteiger partial charge in [0.05, 0.1) is 26.2 Å². The normalized spacial score (nSPS) is 14.0. The molecule has 0 atom stereocenters. The standard InChI is InChI=1S/C22H29N3O6S.C2H2O4/c1-16(26)23-18-6-8-19(9-7-18)32(27,28)25-13-11-24(12-14-25)15-17-5-10-20(29-2)22(31-4)21(17)30-3;3-1(4)2(5)6/h5-10H,11-15H2,1-4H3,(H,23,26);(H,3,4)(H,5,6). The summed E-state index contributed by atoms with van der Waals surface area (Å²) in [6, 6.07) is 9.98. The maximum absolute atomic E-state index is 13.0. The van der Waals surface area contributed by atoms with E-state index in [-0.39, 0.29) is 10.8 Å². The summed E-state index contributed by atoms with van der Waals surface area (Å²) in [6.07, 6.45) is 0. The van der Waals surface area contributed by atoms with Crippen molar-refractivity contribution < 1.29 is 47.2 Å². The number of sulfonamides is 1. The average molecular weight is 554 g/mol. The number of nitrogens with zero attached hydrogens (tertiary/aromatic N) is 2. The Morgan fingerprint density at radius 1 is 0.842 bits per heavy atom. The number of methoxy groups -OCH3 is 3. The van der Waals surface area contributed by atoms with E-state index in [0.717, 1.165) is 5.56 Å². The highest BCUT2D eigenvalue weighted by molar-refractivity contribution is 7.89. The molecule has 2 aromatic rings. The van der Waals surface area contributed by atoms with Crippen molar-refractivity contribution >= 4 is 33.6 Å². The van der Waals surface area contributed by atoms with Crippen LogP contribution in [0.2, 0.25) is 0 Å². The first-order valence-corrected chi connectivity index (χ1v) is 12.7. The van der Waals surface area contributed by atoms with Gasteiger partial charge in [-0.2, -0.15) is 4.31 Å². The number of hydrogen-bond acceptors (Lipinski definition) is 9. The van der Waals surface area contributed by atoms with E-state index in [0.29, 0.717) is 55.7 Å². The summed E-state index contributed by atoms with van der Waals surface area (Å²) >= 11 is 0. The second-order valence-corrected chi connectivity index (χ2v) is 9.93. The van der Waals surface area contributed by atoms with Gasteiger partial charge in [-0.15, -0.1) is 0 Å². The van der Waals surface area contributed by atoms with Crippen LogP contribution in [0.3, 0.4) is 0 Å². The van der Waals surface area contributed by atoms with Gasteiger partial charge in [-0.3, -0.25) is 9.69 Å². The minimum Gasteiger partial charge on any atom is -0.493 e. The fraction of sp³-hybridized carbons (Fsp3) is 0.375. The number of carbonyl (C=O) groups is 3. The molecule has 0 aromatic heterocycles. The second-order valence-electron chi connectivity index (χ2n) is 7.99. The first-order valence-electron chi connectivity index (χ1n) is 11.3. The maximum Gasteiger partial charge on any atom is 0.414 e. The predicted octanol–water partition coefficient (Wildman–Crippen LogP) is 1.33. The number of carbonyl (C=O) groups excluding carboxylic acids is 1. The number of hydrogen-bond donors (Lipinski definition) is 3. The molecule has 1 heterocycles. The molecule has 0 bridgehead atoms. The quantitative estimate of drug-likeness (QED) is 0.403. The van der Waals surface area contributed by atoms with E-state index in [1.165, 1.54) is 23.4 Å². The third-order valence-electron chi connectivity index (χ3n) is 5.51. The predicted molar refractivity (Wildman–Crippen MR) is 136 cm³/mol. The van der Waals surface area contributed by atoms with Gasteiger partial charge in [0.1, 0.15) is 0 Å². The number of benzene rings is 2. The first-order chi connectivity index (χ1) is 17.9. The van der Waals surface area contributed by atoms with Crippen molar-refractivity contribution in [1.29, 1.82) is 0 Å². The van der Waals surface area contributed by atoms with Crippen LogP contribution >= 0.6 is 0 Å². The molecule has 13 nitrogen and oxygen atoms in total. The van der Waals surface area contributed by atoms with E-state index in [2.05, 4.69) is 10.2 Å². The van der Waals surface area contributed by atoms with E-state index in [9.17, 15) is 13.2 Å². The Morgan fingerprint density at radius 2 is 1.39 bits per heavy atom. The van der Waals surface area contributed by atoms with Crippen LogP contribution in [0.5, 0.6) is 17.2 Å². The van der Waals surface area contributed by atoms with E-state index >= 15 is 0 Å². The molecule has 1 aliphatic heterocycles. The molecule has 2 aromatic carbocycles. The number of carboxylic acids is 2. The molecule has 0 spiro atoms. The Morgan fingerprint density at radius 3 is 1.84 bits per heavy atom. The monoisotopic (exact) mass is 553 g/mol. The molecule has 0 unspecified atom stereocenters. The molecule has 1 fully saturated rings. The maximum atomic E-state index is 13.0. The third-order valence-corrected chi connectivity index (χ3v) is 7.42. The fourth-order valence-electron chi connectivity index (χ4n) is 3.72. The van der Waals surface area contributed by atoms with Crippen LogP contribution in [0.1, 0.15) is 12.5 Å². The van der Waals surface area contributed by atoms with Gasteiger partial charge in [0.25, 0.3) is 0 Å². The minimum atomic E-state index is -3.60. The molecule has 1 amide bonds. The van der Waals surface area contributed by atoms with Crippen LogP contribution in [-0.4, -0.2) is 93.2 Å². The Labute approximate surface area is 220 Å². The zero-order valence-electron chi connectivity index (χ0n) is 21.5. The fourth-order valence-corrected chi connectivity index (χ4v) is 5.14. The first kappa shape index (κ1) is 30.3. The number of anilines is 1. The highest BCUT2D eigenvalue weighted by atomic mass is 32.2. The van der Waals surface area contributed by atoms with Crippen LogP contribution in [0.15, 0.2) is 41.3 Å². The number of amides is 1. The summed E-state index contributed by atoms with van der Waals surface area (Å²) in [5.41, 5.74) is 1.50. The van der Waals surface area contributed by atoms with E-state index < -0.39 is 22.0 Å². The largest absolute Gasteiger partial charge is 0.493 e. The lowest BCUT2D eigenvalue weighted by Gasteiger charge is -2.34. The molecular weight excluding hydrogens is 522 g/mol. The van der Waals surface area contributed by atoms with Crippen LogP contribution < -0.4 is 19.5 Å². The van der Waals surface area contributed by atoms with Gasteiger partial charge < -0.3 is 29.7 Å². The van der Waals surface area contributed by atoms with Crippen molar-refractivity contribution in [3.05, 3.63) is 42.0 Å². The summed E-state index contributed by atoms with van der Waals surface area (Å²) in [5, 5.41) is 17.4. The number of rotatable bonds is 8.